The van der Waals surface area contributed by atoms with E-state index >= 15 is 0 Å². The monoisotopic (exact) mass is 231 g/mol. The quantitative estimate of drug-likeness (QED) is 0.606. The van der Waals surface area contributed by atoms with Gasteiger partial charge in [0.25, 0.3) is 0 Å². The van der Waals surface area contributed by atoms with Gasteiger partial charge in [-0.05, 0) is 0 Å². The first-order chi connectivity index (χ1) is 7.67. The van der Waals surface area contributed by atoms with Gasteiger partial charge in [0.2, 0.25) is 5.91 Å². The van der Waals surface area contributed by atoms with Gasteiger partial charge in [-0.15, -0.1) is 0 Å². The van der Waals surface area contributed by atoms with E-state index in [-0.39, 0.29) is 31.0 Å². The molecule has 1 amide bonds. The Morgan fingerprint density at radius 2 is 2.19 bits per heavy atom. The second kappa shape index (κ2) is 6.44. The van der Waals surface area contributed by atoms with Gasteiger partial charge in [-0.1, -0.05) is 0 Å². The molecule has 1 rings (SSSR count). The first-order valence-corrected chi connectivity index (χ1v) is 5.12. The predicted octanol–water partition coefficient (Wildman–Crippen LogP) is -0.577. The molecule has 1 aliphatic rings. The van der Waals surface area contributed by atoms with Crippen LogP contribution in [-0.2, 0) is 23.8 Å². The molecule has 0 aromatic heterocycles. The molecule has 1 aliphatic heterocycles. The zero-order valence-corrected chi connectivity index (χ0v) is 9.60. The number of ether oxygens (including phenoxy) is 3. The fourth-order valence-electron chi connectivity index (χ4n) is 1.55. The fraction of sp³-hybridized carbons (Fsp3) is 0.800. The summed E-state index contributed by atoms with van der Waals surface area (Å²) < 4.78 is 14.7. The van der Waals surface area contributed by atoms with E-state index in [9.17, 15) is 9.59 Å². The Labute approximate surface area is 94.4 Å². The standard InChI is InChI=1S/C10H17NO5/c1-14-7-9(12)11-3-4-16-8(6-11)5-10(13)15-2/h8H,3-7H2,1-2H3. The molecule has 0 bridgehead atoms. The highest BCUT2D eigenvalue weighted by atomic mass is 16.5. The number of carbonyl (C=O) groups is 2. The highest BCUT2D eigenvalue weighted by Gasteiger charge is 2.25. The van der Waals surface area contributed by atoms with Crippen LogP contribution < -0.4 is 0 Å². The fourth-order valence-corrected chi connectivity index (χ4v) is 1.55. The smallest absolute Gasteiger partial charge is 0.308 e. The van der Waals surface area contributed by atoms with Gasteiger partial charge in [0.1, 0.15) is 6.61 Å². The molecule has 0 N–H and O–H groups in total. The zero-order chi connectivity index (χ0) is 12.0. The first-order valence-electron chi connectivity index (χ1n) is 5.12. The van der Waals surface area contributed by atoms with Crippen LogP contribution in [0.5, 0.6) is 0 Å². The van der Waals surface area contributed by atoms with Crippen molar-refractivity contribution in [2.24, 2.45) is 0 Å². The summed E-state index contributed by atoms with van der Waals surface area (Å²) in [6.45, 7) is 1.46. The number of hydrogen-bond donors (Lipinski definition) is 0. The van der Waals surface area contributed by atoms with E-state index in [1.54, 1.807) is 4.90 Å². The van der Waals surface area contributed by atoms with Crippen LogP contribution in [0.25, 0.3) is 0 Å². The Balaban J connectivity index is 2.40. The van der Waals surface area contributed by atoms with Crippen LogP contribution in [0.1, 0.15) is 6.42 Å². The lowest BCUT2D eigenvalue weighted by Crippen LogP contribution is -2.47. The molecular formula is C10H17NO5. The van der Waals surface area contributed by atoms with Crippen molar-refractivity contribution in [3.05, 3.63) is 0 Å². The number of esters is 1. The van der Waals surface area contributed by atoms with Gasteiger partial charge in [-0.25, -0.2) is 0 Å². The molecule has 1 saturated heterocycles. The van der Waals surface area contributed by atoms with Gasteiger partial charge in [0, 0.05) is 20.2 Å². The van der Waals surface area contributed by atoms with E-state index in [1.165, 1.54) is 14.2 Å². The average molecular weight is 231 g/mol. The minimum atomic E-state index is -0.328. The predicted molar refractivity (Wildman–Crippen MR) is 54.8 cm³/mol. The molecule has 0 aliphatic carbocycles. The molecular weight excluding hydrogens is 214 g/mol. The topological polar surface area (TPSA) is 65.1 Å². The number of carbonyl (C=O) groups excluding carboxylic acids is 2. The lowest BCUT2D eigenvalue weighted by atomic mass is 10.2. The third-order valence-electron chi connectivity index (χ3n) is 2.38. The molecule has 1 atom stereocenters. The SMILES string of the molecule is COCC(=O)N1CCOC(CC(=O)OC)C1. The highest BCUT2D eigenvalue weighted by Crippen LogP contribution is 2.09. The molecule has 0 saturated carbocycles. The average Bonchev–Trinajstić information content (AvgIpc) is 2.29. The van der Waals surface area contributed by atoms with Crippen LogP contribution in [-0.4, -0.2) is 63.4 Å². The molecule has 0 aromatic rings. The summed E-state index contributed by atoms with van der Waals surface area (Å²) in [5.74, 6) is -0.410. The zero-order valence-electron chi connectivity index (χ0n) is 9.60. The summed E-state index contributed by atoms with van der Waals surface area (Å²) in [6.07, 6.45) is -0.102. The van der Waals surface area contributed by atoms with Crippen molar-refractivity contribution >= 4 is 11.9 Å². The lowest BCUT2D eigenvalue weighted by molar-refractivity contribution is -0.151. The van der Waals surface area contributed by atoms with Crippen LogP contribution in [0, 0.1) is 0 Å². The van der Waals surface area contributed by atoms with Gasteiger partial charge < -0.3 is 19.1 Å². The molecule has 1 heterocycles. The molecule has 6 nitrogen and oxygen atoms in total. The maximum absolute atomic E-state index is 11.5. The minimum Gasteiger partial charge on any atom is -0.469 e. The van der Waals surface area contributed by atoms with Crippen LogP contribution in [0.4, 0.5) is 0 Å². The third-order valence-corrected chi connectivity index (χ3v) is 2.38. The summed E-state index contributed by atoms with van der Waals surface area (Å²) in [5.41, 5.74) is 0. The molecule has 0 radical (unpaired) electrons. The largest absolute Gasteiger partial charge is 0.469 e. The summed E-state index contributed by atoms with van der Waals surface area (Å²) in [6, 6.07) is 0. The minimum absolute atomic E-state index is 0.0605. The lowest BCUT2D eigenvalue weighted by Gasteiger charge is -2.32. The number of nitrogens with zero attached hydrogens (tertiary/aromatic N) is 1. The first kappa shape index (κ1) is 12.9. The van der Waals surface area contributed by atoms with Crippen molar-refractivity contribution in [1.29, 1.82) is 0 Å². The van der Waals surface area contributed by atoms with Crippen molar-refractivity contribution in [3.8, 4) is 0 Å². The van der Waals surface area contributed by atoms with Crippen LogP contribution in [0.15, 0.2) is 0 Å². The van der Waals surface area contributed by atoms with Crippen LogP contribution in [0.3, 0.4) is 0 Å². The summed E-state index contributed by atoms with van der Waals surface area (Å²) in [4.78, 5) is 24.2. The van der Waals surface area contributed by atoms with Crippen molar-refractivity contribution in [3.63, 3.8) is 0 Å². The Hall–Kier alpha value is -1.14. The van der Waals surface area contributed by atoms with Crippen molar-refractivity contribution in [2.75, 3.05) is 40.5 Å². The van der Waals surface area contributed by atoms with Gasteiger partial charge in [-0.3, -0.25) is 9.59 Å². The number of hydrogen-bond acceptors (Lipinski definition) is 5. The van der Waals surface area contributed by atoms with E-state index in [4.69, 9.17) is 9.47 Å². The summed E-state index contributed by atoms with van der Waals surface area (Å²) in [7, 11) is 2.81. The maximum Gasteiger partial charge on any atom is 0.308 e. The molecule has 6 heteroatoms. The van der Waals surface area contributed by atoms with E-state index in [0.29, 0.717) is 19.7 Å². The van der Waals surface area contributed by atoms with Gasteiger partial charge >= 0.3 is 5.97 Å². The molecule has 0 aromatic carbocycles. The number of methoxy groups -OCH3 is 2. The van der Waals surface area contributed by atoms with E-state index < -0.39 is 0 Å². The number of rotatable bonds is 4. The molecule has 1 unspecified atom stereocenters. The second-order valence-electron chi connectivity index (χ2n) is 3.55. The maximum atomic E-state index is 11.5. The second-order valence-corrected chi connectivity index (χ2v) is 3.55. The Kier molecular flexibility index (Phi) is 5.21. The van der Waals surface area contributed by atoms with Gasteiger partial charge in [0.15, 0.2) is 0 Å². The van der Waals surface area contributed by atoms with Gasteiger partial charge in [-0.2, -0.15) is 0 Å². The molecule has 92 valence electrons. The van der Waals surface area contributed by atoms with Gasteiger partial charge in [0.05, 0.1) is 26.2 Å². The van der Waals surface area contributed by atoms with Crippen LogP contribution >= 0.6 is 0 Å². The summed E-state index contributed by atoms with van der Waals surface area (Å²) >= 11 is 0. The number of morpholine rings is 1. The Morgan fingerprint density at radius 3 is 2.81 bits per heavy atom. The summed E-state index contributed by atoms with van der Waals surface area (Å²) in [5, 5.41) is 0. The third kappa shape index (κ3) is 3.79. The van der Waals surface area contributed by atoms with Crippen LogP contribution in [0.2, 0.25) is 0 Å². The van der Waals surface area contributed by atoms with E-state index in [1.807, 2.05) is 0 Å². The molecule has 16 heavy (non-hydrogen) atoms. The van der Waals surface area contributed by atoms with Crippen molar-refractivity contribution in [1.82, 2.24) is 4.90 Å². The Morgan fingerprint density at radius 1 is 1.44 bits per heavy atom. The normalized spacial score (nSPS) is 20.6. The number of amides is 1. The highest BCUT2D eigenvalue weighted by molar-refractivity contribution is 5.77. The van der Waals surface area contributed by atoms with Crippen molar-refractivity contribution < 1.29 is 23.8 Å². The molecule has 0 spiro atoms. The molecule has 1 fully saturated rings. The van der Waals surface area contributed by atoms with E-state index in [0.717, 1.165) is 0 Å². The Bertz CT molecular complexity index is 256. The van der Waals surface area contributed by atoms with Crippen molar-refractivity contribution in [2.45, 2.75) is 12.5 Å². The van der Waals surface area contributed by atoms with E-state index in [2.05, 4.69) is 4.74 Å².